The molecule has 5 rings (SSSR count). The Morgan fingerprint density at radius 3 is 3.04 bits per heavy atom. The van der Waals surface area contributed by atoms with Gasteiger partial charge in [-0.3, -0.25) is 9.69 Å². The van der Waals surface area contributed by atoms with E-state index < -0.39 is 0 Å². The van der Waals surface area contributed by atoms with Crippen LogP contribution in [-0.2, 0) is 13.1 Å². The highest BCUT2D eigenvalue weighted by Gasteiger charge is 2.34. The molecule has 1 N–H and O–H groups in total. The number of hydrogen-bond acceptors (Lipinski definition) is 6. The summed E-state index contributed by atoms with van der Waals surface area (Å²) in [6, 6.07) is 4.34. The van der Waals surface area contributed by atoms with E-state index in [4.69, 9.17) is 4.52 Å². The first kappa shape index (κ1) is 18.1. The van der Waals surface area contributed by atoms with Gasteiger partial charge in [-0.05, 0) is 44.3 Å². The molecule has 5 heterocycles. The first-order chi connectivity index (χ1) is 13.6. The lowest BCUT2D eigenvalue weighted by Gasteiger charge is -2.37. The molecule has 2 aromatic rings. The smallest absolute Gasteiger partial charge is 0.255 e. The molecule has 0 saturated carbocycles. The number of piperidine rings is 1. The molecule has 3 atom stereocenters. The maximum absolute atomic E-state index is 13.2. The summed E-state index contributed by atoms with van der Waals surface area (Å²) in [5.41, 5.74) is 2.27. The van der Waals surface area contributed by atoms with E-state index in [0.717, 1.165) is 50.4 Å². The largest absolute Gasteiger partial charge is 0.338 e. The van der Waals surface area contributed by atoms with Crippen molar-refractivity contribution in [3.8, 4) is 0 Å². The Bertz CT molecular complexity index is 918. The SMILES string of the molecule is CC(C)c1noc([C@@H]2CCCN2Cc2ccc3n(c2=O)C[C@@H]2CNC[C@H]3C2)n1. The summed E-state index contributed by atoms with van der Waals surface area (Å²) in [5, 5.41) is 7.63. The van der Waals surface area contributed by atoms with Crippen LogP contribution in [0.1, 0.15) is 74.0 Å². The predicted octanol–water partition coefficient (Wildman–Crippen LogP) is 2.40. The molecule has 2 saturated heterocycles. The fourth-order valence-corrected chi connectivity index (χ4v) is 5.09. The number of pyridine rings is 1. The zero-order valence-electron chi connectivity index (χ0n) is 16.7. The summed E-state index contributed by atoms with van der Waals surface area (Å²) in [5.74, 6) is 2.76. The van der Waals surface area contributed by atoms with Crippen LogP contribution in [0.4, 0.5) is 0 Å². The summed E-state index contributed by atoms with van der Waals surface area (Å²) in [6.45, 7) is 8.60. The summed E-state index contributed by atoms with van der Waals surface area (Å²) in [7, 11) is 0. The van der Waals surface area contributed by atoms with Gasteiger partial charge >= 0.3 is 0 Å². The van der Waals surface area contributed by atoms with E-state index in [1.165, 1.54) is 12.1 Å². The average Bonchev–Trinajstić information content (AvgIpc) is 3.34. The van der Waals surface area contributed by atoms with Crippen LogP contribution in [0.3, 0.4) is 0 Å². The van der Waals surface area contributed by atoms with Gasteiger partial charge in [-0.25, -0.2) is 0 Å². The van der Waals surface area contributed by atoms with Crippen molar-refractivity contribution in [2.75, 3.05) is 19.6 Å². The zero-order valence-corrected chi connectivity index (χ0v) is 16.7. The Morgan fingerprint density at radius 1 is 1.32 bits per heavy atom. The van der Waals surface area contributed by atoms with Crippen molar-refractivity contribution in [1.82, 2.24) is 24.9 Å². The number of rotatable bonds is 4. The van der Waals surface area contributed by atoms with Crippen LogP contribution >= 0.6 is 0 Å². The van der Waals surface area contributed by atoms with Gasteiger partial charge in [0.2, 0.25) is 5.89 Å². The molecule has 3 aliphatic heterocycles. The number of nitrogens with one attached hydrogen (secondary N) is 1. The Morgan fingerprint density at radius 2 is 2.21 bits per heavy atom. The number of nitrogens with zero attached hydrogens (tertiary/aromatic N) is 4. The molecule has 7 heteroatoms. The van der Waals surface area contributed by atoms with Gasteiger partial charge in [-0.1, -0.05) is 25.1 Å². The van der Waals surface area contributed by atoms with Crippen molar-refractivity contribution in [2.24, 2.45) is 5.92 Å². The minimum Gasteiger partial charge on any atom is -0.338 e. The van der Waals surface area contributed by atoms with E-state index in [2.05, 4.69) is 40.3 Å². The van der Waals surface area contributed by atoms with E-state index >= 15 is 0 Å². The van der Waals surface area contributed by atoms with Gasteiger partial charge in [-0.15, -0.1) is 0 Å². The number of fused-ring (bicyclic) bond motifs is 4. The molecule has 0 aromatic carbocycles. The third-order valence-electron chi connectivity index (χ3n) is 6.58. The molecular weight excluding hydrogens is 354 g/mol. The van der Waals surface area contributed by atoms with E-state index in [0.29, 0.717) is 24.3 Å². The second kappa shape index (κ2) is 7.12. The quantitative estimate of drug-likeness (QED) is 0.874. The van der Waals surface area contributed by atoms with Crippen molar-refractivity contribution < 1.29 is 4.52 Å². The van der Waals surface area contributed by atoms with Crippen molar-refractivity contribution in [1.29, 1.82) is 0 Å². The molecule has 0 radical (unpaired) electrons. The van der Waals surface area contributed by atoms with Crippen LogP contribution in [0, 0.1) is 5.92 Å². The Hall–Kier alpha value is -1.99. The molecule has 0 aliphatic carbocycles. The van der Waals surface area contributed by atoms with E-state index in [-0.39, 0.29) is 17.5 Å². The molecule has 3 aliphatic rings. The fraction of sp³-hybridized carbons (Fsp3) is 0.667. The standard InChI is InChI=1S/C21H29N5O2/c1-13(2)19-23-20(28-24-19)18-4-3-7-25(18)12-15-5-6-17-16-8-14(9-22-10-16)11-26(17)21(15)27/h5-6,13-14,16,18,22H,3-4,7-12H2,1-2H3/t14-,16+,18-/m0/s1. The van der Waals surface area contributed by atoms with Gasteiger partial charge in [-0.2, -0.15) is 4.98 Å². The highest BCUT2D eigenvalue weighted by molar-refractivity contribution is 5.22. The molecule has 28 heavy (non-hydrogen) atoms. The van der Waals surface area contributed by atoms with E-state index in [1.807, 2.05) is 10.6 Å². The Balaban J connectivity index is 1.40. The minimum absolute atomic E-state index is 0.115. The molecular formula is C21H29N5O2. The molecule has 2 aromatic heterocycles. The van der Waals surface area contributed by atoms with Gasteiger partial charge in [0.15, 0.2) is 5.82 Å². The van der Waals surface area contributed by atoms with Crippen LogP contribution in [0.15, 0.2) is 21.5 Å². The molecule has 7 nitrogen and oxygen atoms in total. The normalized spacial score (nSPS) is 27.3. The summed E-state index contributed by atoms with van der Waals surface area (Å²) in [6.07, 6.45) is 3.29. The summed E-state index contributed by atoms with van der Waals surface area (Å²) >= 11 is 0. The van der Waals surface area contributed by atoms with Gasteiger partial charge in [0.25, 0.3) is 5.56 Å². The first-order valence-corrected chi connectivity index (χ1v) is 10.6. The summed E-state index contributed by atoms with van der Waals surface area (Å²) in [4.78, 5) is 20.2. The maximum Gasteiger partial charge on any atom is 0.255 e. The van der Waals surface area contributed by atoms with Crippen LogP contribution in [0.5, 0.6) is 0 Å². The monoisotopic (exact) mass is 383 g/mol. The number of likely N-dealkylation sites (tertiary alicyclic amines) is 1. The van der Waals surface area contributed by atoms with Crippen LogP contribution < -0.4 is 10.9 Å². The topological polar surface area (TPSA) is 76.2 Å². The third kappa shape index (κ3) is 3.10. The van der Waals surface area contributed by atoms with Crippen LogP contribution in [-0.4, -0.2) is 39.2 Å². The van der Waals surface area contributed by atoms with Gasteiger partial charge in [0, 0.05) is 42.7 Å². The molecule has 2 fully saturated rings. The molecule has 150 valence electrons. The Labute approximate surface area is 165 Å². The van der Waals surface area contributed by atoms with E-state index in [1.54, 1.807) is 0 Å². The van der Waals surface area contributed by atoms with Gasteiger partial charge in [0.05, 0.1) is 6.04 Å². The molecule has 0 amide bonds. The fourth-order valence-electron chi connectivity index (χ4n) is 5.09. The van der Waals surface area contributed by atoms with Gasteiger partial charge < -0.3 is 14.4 Å². The van der Waals surface area contributed by atoms with Crippen molar-refractivity contribution in [3.63, 3.8) is 0 Å². The lowest BCUT2D eigenvalue weighted by molar-refractivity contribution is 0.198. The zero-order chi connectivity index (χ0) is 19.3. The summed E-state index contributed by atoms with van der Waals surface area (Å²) < 4.78 is 7.60. The average molecular weight is 383 g/mol. The number of aromatic nitrogens is 3. The second-order valence-electron chi connectivity index (χ2n) is 8.93. The second-order valence-corrected chi connectivity index (χ2v) is 8.93. The third-order valence-corrected chi connectivity index (χ3v) is 6.58. The highest BCUT2D eigenvalue weighted by atomic mass is 16.5. The molecule has 2 bridgehead atoms. The van der Waals surface area contributed by atoms with E-state index in [9.17, 15) is 4.79 Å². The maximum atomic E-state index is 13.2. The lowest BCUT2D eigenvalue weighted by Crippen LogP contribution is -2.45. The predicted molar refractivity (Wildman–Crippen MR) is 105 cm³/mol. The van der Waals surface area contributed by atoms with Crippen LogP contribution in [0.2, 0.25) is 0 Å². The molecule has 0 unspecified atom stereocenters. The van der Waals surface area contributed by atoms with Crippen molar-refractivity contribution >= 4 is 0 Å². The minimum atomic E-state index is 0.115. The Kier molecular flexibility index (Phi) is 4.59. The van der Waals surface area contributed by atoms with Crippen LogP contribution in [0.25, 0.3) is 0 Å². The molecule has 0 spiro atoms. The van der Waals surface area contributed by atoms with Crippen molar-refractivity contribution in [2.45, 2.75) is 64.1 Å². The van der Waals surface area contributed by atoms with Gasteiger partial charge in [0.1, 0.15) is 0 Å². The highest BCUT2D eigenvalue weighted by Crippen LogP contribution is 2.34. The first-order valence-electron chi connectivity index (χ1n) is 10.6. The van der Waals surface area contributed by atoms with Crippen molar-refractivity contribution in [3.05, 3.63) is 45.5 Å². The lowest BCUT2D eigenvalue weighted by atomic mass is 9.84. The number of hydrogen-bond donors (Lipinski definition) is 1.